The Labute approximate surface area is 145 Å². The molecule has 1 aromatic carbocycles. The average Bonchev–Trinajstić information content (AvgIpc) is 3.10. The third kappa shape index (κ3) is 3.52. The third-order valence-corrected chi connectivity index (χ3v) is 3.74. The largest absolute Gasteiger partial charge is 0.493 e. The summed E-state index contributed by atoms with van der Waals surface area (Å²) in [6, 6.07) is 9.01. The molecule has 0 unspecified atom stereocenters. The predicted molar refractivity (Wildman–Crippen MR) is 90.7 cm³/mol. The molecule has 0 fully saturated rings. The number of tetrazole rings is 1. The fourth-order valence-corrected chi connectivity index (χ4v) is 2.52. The summed E-state index contributed by atoms with van der Waals surface area (Å²) < 4.78 is 12.4. The van der Waals surface area contributed by atoms with Crippen molar-refractivity contribution in [2.45, 2.75) is 13.5 Å². The molecule has 0 saturated carbocycles. The summed E-state index contributed by atoms with van der Waals surface area (Å²) in [5.41, 5.74) is 2.01. The van der Waals surface area contributed by atoms with E-state index in [9.17, 15) is 4.79 Å². The molecule has 1 amide bonds. The molecular formula is C17H19N5O3. The van der Waals surface area contributed by atoms with Gasteiger partial charge in [0.15, 0.2) is 17.1 Å². The zero-order valence-corrected chi connectivity index (χ0v) is 14.3. The van der Waals surface area contributed by atoms with Crippen molar-refractivity contribution >= 4 is 11.6 Å². The van der Waals surface area contributed by atoms with Gasteiger partial charge in [-0.05, 0) is 47.2 Å². The van der Waals surface area contributed by atoms with Crippen molar-refractivity contribution in [3.63, 3.8) is 0 Å². The lowest BCUT2D eigenvalue weighted by Crippen LogP contribution is -2.26. The molecule has 0 N–H and O–H groups in total. The normalized spacial score (nSPS) is 10.7. The third-order valence-electron chi connectivity index (χ3n) is 3.74. The van der Waals surface area contributed by atoms with Crippen molar-refractivity contribution in [3.05, 3.63) is 47.7 Å². The zero-order chi connectivity index (χ0) is 17.8. The van der Waals surface area contributed by atoms with Crippen LogP contribution in [0.25, 0.3) is 5.65 Å². The Morgan fingerprint density at radius 1 is 1.24 bits per heavy atom. The number of pyridine rings is 1. The number of hydrogen-bond acceptors (Lipinski definition) is 6. The number of benzene rings is 1. The minimum Gasteiger partial charge on any atom is -0.493 e. The van der Waals surface area contributed by atoms with E-state index in [0.717, 1.165) is 5.56 Å². The van der Waals surface area contributed by atoms with Crippen LogP contribution in [0.15, 0.2) is 36.5 Å². The molecule has 0 bridgehead atoms. The van der Waals surface area contributed by atoms with Crippen LogP contribution in [-0.4, -0.2) is 51.6 Å². The van der Waals surface area contributed by atoms with Crippen LogP contribution in [0.3, 0.4) is 0 Å². The van der Waals surface area contributed by atoms with Gasteiger partial charge in [0.2, 0.25) is 0 Å². The fourth-order valence-electron chi connectivity index (χ4n) is 2.52. The lowest BCUT2D eigenvalue weighted by molar-refractivity contribution is 0.0785. The summed E-state index contributed by atoms with van der Waals surface area (Å²) >= 11 is 0. The van der Waals surface area contributed by atoms with E-state index in [2.05, 4.69) is 15.5 Å². The quantitative estimate of drug-likeness (QED) is 0.680. The van der Waals surface area contributed by atoms with E-state index < -0.39 is 0 Å². The fraction of sp³-hybridized carbons (Fsp3) is 0.294. The lowest BCUT2D eigenvalue weighted by Gasteiger charge is -2.18. The molecule has 3 aromatic rings. The molecule has 0 saturated heterocycles. The summed E-state index contributed by atoms with van der Waals surface area (Å²) in [5, 5.41) is 11.2. The van der Waals surface area contributed by atoms with Crippen LogP contribution in [0.2, 0.25) is 0 Å². The molecule has 0 atom stereocenters. The molecule has 3 rings (SSSR count). The van der Waals surface area contributed by atoms with E-state index in [1.165, 1.54) is 4.52 Å². The molecule has 8 nitrogen and oxygen atoms in total. The van der Waals surface area contributed by atoms with E-state index >= 15 is 0 Å². The molecule has 25 heavy (non-hydrogen) atoms. The van der Waals surface area contributed by atoms with Crippen molar-refractivity contribution in [1.82, 2.24) is 24.9 Å². The molecule has 0 aliphatic heterocycles. The minimum atomic E-state index is -0.113. The van der Waals surface area contributed by atoms with Gasteiger partial charge in [0.05, 0.1) is 13.7 Å². The number of fused-ring (bicyclic) bond motifs is 1. The van der Waals surface area contributed by atoms with Gasteiger partial charge < -0.3 is 14.4 Å². The second-order valence-corrected chi connectivity index (χ2v) is 5.48. The topological polar surface area (TPSA) is 81.9 Å². The molecule has 2 heterocycles. The van der Waals surface area contributed by atoms with Gasteiger partial charge in [-0.1, -0.05) is 6.07 Å². The van der Waals surface area contributed by atoms with E-state index in [-0.39, 0.29) is 5.91 Å². The Morgan fingerprint density at radius 3 is 2.84 bits per heavy atom. The summed E-state index contributed by atoms with van der Waals surface area (Å²) in [6.45, 7) is 2.92. The first-order chi connectivity index (χ1) is 12.1. The molecule has 0 aliphatic carbocycles. The number of amides is 1. The Kier molecular flexibility index (Phi) is 4.78. The molecule has 2 aromatic heterocycles. The number of carbonyl (C=O) groups excluding carboxylic acids is 1. The van der Waals surface area contributed by atoms with E-state index in [1.54, 1.807) is 37.4 Å². The van der Waals surface area contributed by atoms with Crippen molar-refractivity contribution < 1.29 is 14.3 Å². The minimum absolute atomic E-state index is 0.113. The highest BCUT2D eigenvalue weighted by Crippen LogP contribution is 2.28. The smallest absolute Gasteiger partial charge is 0.254 e. The number of aromatic nitrogens is 4. The lowest BCUT2D eigenvalue weighted by atomic mass is 10.1. The van der Waals surface area contributed by atoms with Gasteiger partial charge in [-0.25, -0.2) is 4.52 Å². The highest BCUT2D eigenvalue weighted by atomic mass is 16.5. The van der Waals surface area contributed by atoms with Crippen molar-refractivity contribution in [3.8, 4) is 11.5 Å². The average molecular weight is 341 g/mol. The van der Waals surface area contributed by atoms with Gasteiger partial charge in [-0.15, -0.1) is 5.10 Å². The molecule has 8 heteroatoms. The number of nitrogens with zero attached hydrogens (tertiary/aromatic N) is 5. The molecule has 0 aliphatic rings. The van der Waals surface area contributed by atoms with Crippen LogP contribution in [0.1, 0.15) is 22.8 Å². The van der Waals surface area contributed by atoms with Gasteiger partial charge in [0, 0.05) is 25.4 Å². The van der Waals surface area contributed by atoms with Crippen LogP contribution >= 0.6 is 0 Å². The second-order valence-electron chi connectivity index (χ2n) is 5.48. The molecule has 0 spiro atoms. The van der Waals surface area contributed by atoms with Crippen LogP contribution in [0, 0.1) is 0 Å². The number of carbonyl (C=O) groups is 1. The van der Waals surface area contributed by atoms with Crippen molar-refractivity contribution in [2.24, 2.45) is 0 Å². The Balaban J connectivity index is 1.76. The first kappa shape index (κ1) is 16.7. The second kappa shape index (κ2) is 7.16. The SMILES string of the molecule is CCOc1ccc(CN(C)C(=O)c2ccn3nnnc3c2)cc1OC. The maximum Gasteiger partial charge on any atom is 0.254 e. The summed E-state index contributed by atoms with van der Waals surface area (Å²) in [7, 11) is 3.34. The van der Waals surface area contributed by atoms with Gasteiger partial charge in [0.25, 0.3) is 5.91 Å². The zero-order valence-electron chi connectivity index (χ0n) is 14.3. The Morgan fingerprint density at radius 2 is 2.08 bits per heavy atom. The van der Waals surface area contributed by atoms with Crippen LogP contribution in [-0.2, 0) is 6.54 Å². The maximum absolute atomic E-state index is 12.6. The van der Waals surface area contributed by atoms with Crippen LogP contribution in [0.4, 0.5) is 0 Å². The number of methoxy groups -OCH3 is 1. The van der Waals surface area contributed by atoms with Gasteiger partial charge >= 0.3 is 0 Å². The first-order valence-corrected chi connectivity index (χ1v) is 7.85. The van der Waals surface area contributed by atoms with Crippen LogP contribution in [0.5, 0.6) is 11.5 Å². The van der Waals surface area contributed by atoms with Crippen molar-refractivity contribution in [2.75, 3.05) is 20.8 Å². The number of hydrogen-bond donors (Lipinski definition) is 0. The Hall–Kier alpha value is -3.16. The highest BCUT2D eigenvalue weighted by molar-refractivity contribution is 5.94. The first-order valence-electron chi connectivity index (χ1n) is 7.85. The van der Waals surface area contributed by atoms with Gasteiger partial charge in [-0.3, -0.25) is 4.79 Å². The van der Waals surface area contributed by atoms with E-state index in [1.807, 2.05) is 25.1 Å². The highest BCUT2D eigenvalue weighted by Gasteiger charge is 2.14. The monoisotopic (exact) mass is 341 g/mol. The van der Waals surface area contributed by atoms with Crippen molar-refractivity contribution in [1.29, 1.82) is 0 Å². The van der Waals surface area contributed by atoms with Gasteiger partial charge in [0.1, 0.15) is 0 Å². The predicted octanol–water partition coefficient (Wildman–Crippen LogP) is 1.80. The van der Waals surface area contributed by atoms with Gasteiger partial charge in [-0.2, -0.15) is 0 Å². The standard InChI is InChI=1S/C17H19N5O3/c1-4-25-14-6-5-12(9-15(14)24-3)11-21(2)17(23)13-7-8-22-16(10-13)18-19-20-22/h5-10H,4,11H2,1-3H3. The molecule has 0 radical (unpaired) electrons. The molecule has 130 valence electrons. The van der Waals surface area contributed by atoms with E-state index in [0.29, 0.717) is 35.9 Å². The number of rotatable bonds is 6. The number of ether oxygens (including phenoxy) is 2. The van der Waals surface area contributed by atoms with E-state index in [4.69, 9.17) is 9.47 Å². The summed E-state index contributed by atoms with van der Waals surface area (Å²) in [4.78, 5) is 14.3. The van der Waals surface area contributed by atoms with Crippen LogP contribution < -0.4 is 9.47 Å². The molecular weight excluding hydrogens is 322 g/mol. The summed E-state index contributed by atoms with van der Waals surface area (Å²) in [5.74, 6) is 1.22. The maximum atomic E-state index is 12.6. The Bertz CT molecular complexity index is 893. The summed E-state index contributed by atoms with van der Waals surface area (Å²) in [6.07, 6.45) is 1.66.